The zero-order chi connectivity index (χ0) is 14.7. The summed E-state index contributed by atoms with van der Waals surface area (Å²) in [5.74, 6) is 0. The van der Waals surface area contributed by atoms with Crippen molar-refractivity contribution in [3.05, 3.63) is 68.6 Å². The van der Waals surface area contributed by atoms with E-state index in [0.717, 1.165) is 0 Å². The molecule has 1 aromatic carbocycles. The van der Waals surface area contributed by atoms with E-state index in [1.165, 1.54) is 0 Å². The van der Waals surface area contributed by atoms with E-state index in [0.29, 0.717) is 27.3 Å². The van der Waals surface area contributed by atoms with Crippen LogP contribution < -0.4 is 0 Å². The molecular weight excluding hydrogens is 272 g/mol. The molecule has 0 aromatic heterocycles. The summed E-state index contributed by atoms with van der Waals surface area (Å²) < 4.78 is 0. The van der Waals surface area contributed by atoms with Crippen LogP contribution in [0.25, 0.3) is 20.8 Å². The second-order valence-electron chi connectivity index (χ2n) is 3.97. The molecule has 92 valence electrons. The number of hydrogen-bond donors (Lipinski definition) is 0. The molecule has 4 nitrogen and oxygen atoms in total. The molecule has 0 heterocycles. The number of nitrogens with zero attached hydrogens (tertiary/aromatic N) is 4. The lowest BCUT2D eigenvalue weighted by molar-refractivity contribution is 1.42. The van der Waals surface area contributed by atoms with Crippen molar-refractivity contribution in [3.63, 3.8) is 0 Å². The number of allylic oxidation sites excluding steroid dienone is 4. The lowest BCUT2D eigenvalue weighted by atomic mass is 10.1. The Labute approximate surface area is 121 Å². The summed E-state index contributed by atoms with van der Waals surface area (Å²) in [6, 6.07) is 8.73. The molecule has 0 N–H and O–H groups in total. The van der Waals surface area contributed by atoms with E-state index in [4.69, 9.17) is 35.3 Å². The predicted octanol–water partition coefficient (Wildman–Crippen LogP) is 4.05. The van der Waals surface area contributed by atoms with Crippen molar-refractivity contribution in [2.75, 3.05) is 0 Å². The highest BCUT2D eigenvalue weighted by Crippen LogP contribution is 2.44. The molecule has 0 fully saturated rings. The van der Waals surface area contributed by atoms with Gasteiger partial charge in [-0.15, -0.1) is 0 Å². The average molecular weight is 277 g/mol. The van der Waals surface area contributed by atoms with Crippen molar-refractivity contribution in [3.8, 4) is 12.1 Å². The molecule has 5 heteroatoms. The van der Waals surface area contributed by atoms with Crippen LogP contribution in [0.5, 0.6) is 0 Å². The molecule has 0 unspecified atom stereocenters. The van der Waals surface area contributed by atoms with E-state index < -0.39 is 0 Å². The van der Waals surface area contributed by atoms with E-state index in [2.05, 4.69) is 9.69 Å². The van der Waals surface area contributed by atoms with Crippen LogP contribution in [0.2, 0.25) is 5.02 Å². The van der Waals surface area contributed by atoms with Crippen LogP contribution in [0, 0.1) is 35.8 Å². The van der Waals surface area contributed by atoms with Crippen molar-refractivity contribution in [2.45, 2.75) is 6.42 Å². The fraction of sp³-hybridized carbons (Fsp3) is 0.0667. The van der Waals surface area contributed by atoms with Gasteiger partial charge in [0, 0.05) is 5.02 Å². The molecular formula is C15H5ClN4. The molecule has 20 heavy (non-hydrogen) atoms. The minimum absolute atomic E-state index is 0.0224. The lowest BCUT2D eigenvalue weighted by Gasteiger charge is -2.02. The van der Waals surface area contributed by atoms with Gasteiger partial charge in [0.2, 0.25) is 0 Å². The van der Waals surface area contributed by atoms with Crippen LogP contribution in [0.15, 0.2) is 29.6 Å². The number of hydrogen-bond acceptors (Lipinski definition) is 2. The third kappa shape index (κ3) is 2.02. The molecule has 0 aliphatic heterocycles. The monoisotopic (exact) mass is 276 g/mol. The van der Waals surface area contributed by atoms with Crippen LogP contribution in [0.3, 0.4) is 0 Å². The molecule has 0 radical (unpaired) electrons. The number of fused-ring (bicyclic) bond motifs is 1. The Bertz CT molecular complexity index is 801. The molecule has 1 aliphatic rings. The maximum absolute atomic E-state index is 9.02. The highest BCUT2D eigenvalue weighted by Gasteiger charge is 2.26. The van der Waals surface area contributed by atoms with E-state index in [-0.39, 0.29) is 17.8 Å². The summed E-state index contributed by atoms with van der Waals surface area (Å²) >= 11 is 5.95. The Morgan fingerprint density at radius 1 is 1.05 bits per heavy atom. The molecule has 0 saturated heterocycles. The smallest absolute Gasteiger partial charge is 0.226 e. The number of benzene rings is 1. The molecule has 1 aromatic rings. The van der Waals surface area contributed by atoms with Gasteiger partial charge in [-0.25, -0.2) is 20.2 Å². The van der Waals surface area contributed by atoms with Gasteiger partial charge in [-0.2, -0.15) is 0 Å². The Balaban J connectivity index is 2.86. The molecule has 1 aliphatic carbocycles. The Hall–Kier alpha value is -3.05. The van der Waals surface area contributed by atoms with Crippen molar-refractivity contribution >= 4 is 22.7 Å². The van der Waals surface area contributed by atoms with Gasteiger partial charge >= 0.3 is 0 Å². The largest absolute Gasteiger partial charge is 0.265 e. The summed E-state index contributed by atoms with van der Waals surface area (Å²) in [5, 5.41) is 18.5. The van der Waals surface area contributed by atoms with E-state index in [1.807, 2.05) is 12.1 Å². The molecule has 0 spiro atoms. The van der Waals surface area contributed by atoms with E-state index in [9.17, 15) is 0 Å². The van der Waals surface area contributed by atoms with Crippen LogP contribution in [0.1, 0.15) is 17.5 Å². The summed E-state index contributed by atoms with van der Waals surface area (Å²) in [6.07, 6.45) is 0.228. The fourth-order valence-corrected chi connectivity index (χ4v) is 2.31. The molecule has 0 saturated carbocycles. The molecule has 0 bridgehead atoms. The zero-order valence-corrected chi connectivity index (χ0v) is 10.9. The van der Waals surface area contributed by atoms with Crippen molar-refractivity contribution in [1.29, 1.82) is 10.5 Å². The maximum Gasteiger partial charge on any atom is 0.265 e. The summed E-state index contributed by atoms with van der Waals surface area (Å²) in [6.45, 7) is 14.1. The number of nitriles is 2. The van der Waals surface area contributed by atoms with Gasteiger partial charge in [0.1, 0.15) is 0 Å². The first-order chi connectivity index (χ1) is 9.65. The summed E-state index contributed by atoms with van der Waals surface area (Å²) in [4.78, 5) is 6.41. The average Bonchev–Trinajstić information content (AvgIpc) is 2.81. The van der Waals surface area contributed by atoms with Gasteiger partial charge in [0.05, 0.1) is 25.3 Å². The first-order valence-corrected chi connectivity index (χ1v) is 5.85. The number of rotatable bonds is 0. The summed E-state index contributed by atoms with van der Waals surface area (Å²) in [5.41, 5.74) is 2.34. The van der Waals surface area contributed by atoms with Crippen LogP contribution in [-0.4, -0.2) is 0 Å². The third-order valence-corrected chi connectivity index (χ3v) is 3.23. The lowest BCUT2D eigenvalue weighted by Crippen LogP contribution is -1.83. The second kappa shape index (κ2) is 5.29. The summed E-state index contributed by atoms with van der Waals surface area (Å²) in [7, 11) is 0. The van der Waals surface area contributed by atoms with Crippen LogP contribution in [0.4, 0.5) is 0 Å². The van der Waals surface area contributed by atoms with Crippen molar-refractivity contribution in [2.24, 2.45) is 0 Å². The Kier molecular flexibility index (Phi) is 3.54. The third-order valence-electron chi connectivity index (χ3n) is 2.99. The van der Waals surface area contributed by atoms with Gasteiger partial charge in [-0.3, -0.25) is 0 Å². The number of halogens is 1. The van der Waals surface area contributed by atoms with Gasteiger partial charge in [-0.1, -0.05) is 17.7 Å². The molecule has 2 rings (SSSR count). The molecule has 0 atom stereocenters. The van der Waals surface area contributed by atoms with E-state index >= 15 is 0 Å². The zero-order valence-electron chi connectivity index (χ0n) is 10.1. The normalized spacial score (nSPS) is 17.1. The van der Waals surface area contributed by atoms with Gasteiger partial charge in [0.25, 0.3) is 11.4 Å². The standard InChI is InChI=1S/C15H5ClN4/c1-19-14(7-17)12-6-13(15(8-18)20-2)11-5-9(16)3-4-10(11)12/h3-5H,6H2. The van der Waals surface area contributed by atoms with Crippen molar-refractivity contribution in [1.82, 2.24) is 0 Å². The Morgan fingerprint density at radius 3 is 2.10 bits per heavy atom. The first kappa shape index (κ1) is 13.4. The fourth-order valence-electron chi connectivity index (χ4n) is 2.14. The van der Waals surface area contributed by atoms with Crippen LogP contribution >= 0.6 is 11.6 Å². The van der Waals surface area contributed by atoms with Gasteiger partial charge in [-0.05, 0) is 40.8 Å². The molecule has 0 amide bonds. The predicted molar refractivity (Wildman–Crippen MR) is 74.3 cm³/mol. The SMILES string of the molecule is [C-]#[N+]C(C#N)=C1CC(=C(C#N)[N+]#[C-])c2cc(Cl)ccc21. The minimum Gasteiger partial charge on any atom is -0.226 e. The van der Waals surface area contributed by atoms with Gasteiger partial charge in [0.15, 0.2) is 0 Å². The van der Waals surface area contributed by atoms with E-state index in [1.54, 1.807) is 18.2 Å². The highest BCUT2D eigenvalue weighted by molar-refractivity contribution is 6.31. The second-order valence-corrected chi connectivity index (χ2v) is 4.40. The topological polar surface area (TPSA) is 56.3 Å². The van der Waals surface area contributed by atoms with Crippen LogP contribution in [-0.2, 0) is 0 Å². The Morgan fingerprint density at radius 2 is 1.60 bits per heavy atom. The minimum atomic E-state index is -0.0363. The van der Waals surface area contributed by atoms with Gasteiger partial charge < -0.3 is 0 Å². The highest BCUT2D eigenvalue weighted by atomic mass is 35.5. The maximum atomic E-state index is 9.02. The van der Waals surface area contributed by atoms with Crippen molar-refractivity contribution < 1.29 is 0 Å². The quantitative estimate of drug-likeness (QED) is 0.530. The first-order valence-electron chi connectivity index (χ1n) is 5.48.